The van der Waals surface area contributed by atoms with Crippen molar-refractivity contribution in [2.24, 2.45) is 0 Å². The van der Waals surface area contributed by atoms with Crippen LogP contribution >= 0.6 is 0 Å². The van der Waals surface area contributed by atoms with E-state index < -0.39 is 0 Å². The third-order valence-electron chi connectivity index (χ3n) is 2.34. The molecule has 0 atom stereocenters. The Bertz CT molecular complexity index is 635. The van der Waals surface area contributed by atoms with Gasteiger partial charge in [-0.25, -0.2) is 0 Å². The molecule has 1 N–H and O–H groups in total. The first-order valence-corrected chi connectivity index (χ1v) is 5.30. The normalized spacial score (nSPS) is 9.53. The second kappa shape index (κ2) is 4.67. The molecule has 84 valence electrons. The lowest BCUT2D eigenvalue weighted by Gasteiger charge is -2.07. The number of benzene rings is 1. The molecule has 0 unspecified atom stereocenters. The fourth-order valence-electron chi connectivity index (χ4n) is 1.70. The van der Waals surface area contributed by atoms with Gasteiger partial charge in [0.1, 0.15) is 0 Å². The Kier molecular flexibility index (Phi) is 3.06. The van der Waals surface area contributed by atoms with Gasteiger partial charge in [-0.05, 0) is 43.5 Å². The van der Waals surface area contributed by atoms with Gasteiger partial charge in [-0.1, -0.05) is 12.0 Å². The van der Waals surface area contributed by atoms with E-state index in [0.29, 0.717) is 5.69 Å². The van der Waals surface area contributed by atoms with Gasteiger partial charge >= 0.3 is 0 Å². The summed E-state index contributed by atoms with van der Waals surface area (Å²) >= 11 is 0. The quantitative estimate of drug-likeness (QED) is 0.756. The highest BCUT2D eigenvalue weighted by atomic mass is 16.1. The molecule has 1 amide bonds. The van der Waals surface area contributed by atoms with E-state index in [4.69, 9.17) is 0 Å². The maximum Gasteiger partial charge on any atom is 0.300 e. The van der Waals surface area contributed by atoms with Crippen LogP contribution in [0.4, 0.5) is 5.69 Å². The summed E-state index contributed by atoms with van der Waals surface area (Å²) in [6, 6.07) is 7.77. The second-order valence-corrected chi connectivity index (χ2v) is 3.72. The Hall–Kier alpha value is -2.34. The van der Waals surface area contributed by atoms with Crippen LogP contribution in [-0.2, 0) is 4.79 Å². The molecular formula is C14H12N2O. The van der Waals surface area contributed by atoms with Crippen molar-refractivity contribution in [3.05, 3.63) is 36.0 Å². The Morgan fingerprint density at radius 2 is 2.24 bits per heavy atom. The van der Waals surface area contributed by atoms with Crippen LogP contribution in [0, 0.1) is 18.8 Å². The molecule has 0 aliphatic carbocycles. The summed E-state index contributed by atoms with van der Waals surface area (Å²) < 4.78 is 0. The number of rotatable bonds is 1. The minimum atomic E-state index is -0.315. The molecule has 1 heterocycles. The molecule has 2 aromatic rings. The Morgan fingerprint density at radius 3 is 3.00 bits per heavy atom. The summed E-state index contributed by atoms with van der Waals surface area (Å²) in [7, 11) is 0. The minimum absolute atomic E-state index is 0.315. The SMILES string of the molecule is CC#CC(=O)Nc1cc(C)cc2cccnc12. The zero-order chi connectivity index (χ0) is 12.3. The predicted molar refractivity (Wildman–Crippen MR) is 68.6 cm³/mol. The Labute approximate surface area is 99.9 Å². The number of carbonyl (C=O) groups is 1. The molecule has 0 fully saturated rings. The van der Waals surface area contributed by atoms with Crippen molar-refractivity contribution >= 4 is 22.5 Å². The molecule has 0 saturated heterocycles. The van der Waals surface area contributed by atoms with E-state index in [1.54, 1.807) is 13.1 Å². The molecule has 3 heteroatoms. The number of fused-ring (bicyclic) bond motifs is 1. The Morgan fingerprint density at radius 1 is 1.41 bits per heavy atom. The molecule has 17 heavy (non-hydrogen) atoms. The van der Waals surface area contributed by atoms with Crippen molar-refractivity contribution in [1.82, 2.24) is 4.98 Å². The number of pyridine rings is 1. The molecule has 1 aromatic heterocycles. The lowest BCUT2D eigenvalue weighted by Crippen LogP contribution is -2.09. The first-order valence-electron chi connectivity index (χ1n) is 5.30. The van der Waals surface area contributed by atoms with E-state index >= 15 is 0 Å². The topological polar surface area (TPSA) is 42.0 Å². The lowest BCUT2D eigenvalue weighted by molar-refractivity contribution is -0.111. The summed E-state index contributed by atoms with van der Waals surface area (Å²) in [5, 5.41) is 3.76. The number of hydrogen-bond acceptors (Lipinski definition) is 2. The monoisotopic (exact) mass is 224 g/mol. The van der Waals surface area contributed by atoms with E-state index in [-0.39, 0.29) is 5.91 Å². The lowest BCUT2D eigenvalue weighted by atomic mass is 10.1. The summed E-state index contributed by atoms with van der Waals surface area (Å²) in [6.07, 6.45) is 1.71. The van der Waals surface area contributed by atoms with Gasteiger partial charge in [0.2, 0.25) is 0 Å². The molecule has 0 spiro atoms. The van der Waals surface area contributed by atoms with E-state index in [1.807, 2.05) is 31.2 Å². The molecule has 0 radical (unpaired) electrons. The van der Waals surface area contributed by atoms with Crippen molar-refractivity contribution in [1.29, 1.82) is 0 Å². The number of amides is 1. The number of carbonyl (C=O) groups excluding carboxylic acids is 1. The third-order valence-corrected chi connectivity index (χ3v) is 2.34. The highest BCUT2D eigenvalue weighted by molar-refractivity contribution is 6.08. The van der Waals surface area contributed by atoms with Gasteiger partial charge in [-0.3, -0.25) is 9.78 Å². The molecule has 0 bridgehead atoms. The molecule has 3 nitrogen and oxygen atoms in total. The van der Waals surface area contributed by atoms with Crippen molar-refractivity contribution in [2.75, 3.05) is 5.32 Å². The zero-order valence-electron chi connectivity index (χ0n) is 9.74. The average Bonchev–Trinajstić information content (AvgIpc) is 2.29. The van der Waals surface area contributed by atoms with Crippen molar-refractivity contribution in [2.45, 2.75) is 13.8 Å². The highest BCUT2D eigenvalue weighted by Crippen LogP contribution is 2.22. The van der Waals surface area contributed by atoms with E-state index in [2.05, 4.69) is 22.1 Å². The second-order valence-electron chi connectivity index (χ2n) is 3.72. The Balaban J connectivity index is 2.51. The van der Waals surface area contributed by atoms with Crippen LogP contribution in [0.3, 0.4) is 0 Å². The van der Waals surface area contributed by atoms with Gasteiger partial charge in [-0.15, -0.1) is 0 Å². The van der Waals surface area contributed by atoms with E-state index in [0.717, 1.165) is 16.5 Å². The third kappa shape index (κ3) is 2.43. The standard InChI is InChI=1S/C14H12N2O/c1-3-5-13(17)16-12-9-10(2)8-11-6-4-7-15-14(11)12/h4,6-9H,1-2H3,(H,16,17). The van der Waals surface area contributed by atoms with Crippen LogP contribution in [0.25, 0.3) is 10.9 Å². The van der Waals surface area contributed by atoms with Crippen molar-refractivity contribution in [3.8, 4) is 11.8 Å². The van der Waals surface area contributed by atoms with E-state index in [9.17, 15) is 4.79 Å². The van der Waals surface area contributed by atoms with Gasteiger partial charge in [0.15, 0.2) is 0 Å². The van der Waals surface area contributed by atoms with Crippen LogP contribution in [0.5, 0.6) is 0 Å². The van der Waals surface area contributed by atoms with Gasteiger partial charge in [-0.2, -0.15) is 0 Å². The van der Waals surface area contributed by atoms with Gasteiger partial charge in [0.25, 0.3) is 5.91 Å². The van der Waals surface area contributed by atoms with Crippen LogP contribution < -0.4 is 5.32 Å². The van der Waals surface area contributed by atoms with E-state index in [1.165, 1.54) is 0 Å². The van der Waals surface area contributed by atoms with Crippen LogP contribution in [0.1, 0.15) is 12.5 Å². The molecule has 0 saturated carbocycles. The van der Waals surface area contributed by atoms with Crippen molar-refractivity contribution in [3.63, 3.8) is 0 Å². The smallest absolute Gasteiger partial charge is 0.300 e. The number of anilines is 1. The fourth-order valence-corrected chi connectivity index (χ4v) is 1.70. The van der Waals surface area contributed by atoms with Crippen molar-refractivity contribution < 1.29 is 4.79 Å². The first kappa shape index (κ1) is 11.2. The van der Waals surface area contributed by atoms with Crippen LogP contribution in [0.2, 0.25) is 0 Å². The number of aromatic nitrogens is 1. The molecule has 0 aliphatic heterocycles. The maximum atomic E-state index is 11.5. The van der Waals surface area contributed by atoms with Gasteiger partial charge in [0, 0.05) is 11.6 Å². The summed E-state index contributed by atoms with van der Waals surface area (Å²) in [6.45, 7) is 3.61. The molecule has 2 rings (SSSR count). The summed E-state index contributed by atoms with van der Waals surface area (Å²) in [5.74, 6) is 4.70. The number of nitrogens with one attached hydrogen (secondary N) is 1. The summed E-state index contributed by atoms with van der Waals surface area (Å²) in [4.78, 5) is 15.7. The zero-order valence-corrected chi connectivity index (χ0v) is 9.74. The number of hydrogen-bond donors (Lipinski definition) is 1. The predicted octanol–water partition coefficient (Wildman–Crippen LogP) is 2.51. The molecular weight excluding hydrogens is 212 g/mol. The number of aryl methyl sites for hydroxylation is 1. The molecule has 0 aliphatic rings. The summed E-state index contributed by atoms with van der Waals surface area (Å²) in [5.41, 5.74) is 2.56. The van der Waals surface area contributed by atoms with Crippen LogP contribution in [-0.4, -0.2) is 10.9 Å². The van der Waals surface area contributed by atoms with Gasteiger partial charge < -0.3 is 5.32 Å². The maximum absolute atomic E-state index is 11.5. The average molecular weight is 224 g/mol. The largest absolute Gasteiger partial charge is 0.313 e. The molecule has 1 aromatic carbocycles. The highest BCUT2D eigenvalue weighted by Gasteiger charge is 2.05. The number of nitrogens with zero attached hydrogens (tertiary/aromatic N) is 1. The van der Waals surface area contributed by atoms with Gasteiger partial charge in [0.05, 0.1) is 11.2 Å². The van der Waals surface area contributed by atoms with Crippen LogP contribution in [0.15, 0.2) is 30.5 Å². The fraction of sp³-hybridized carbons (Fsp3) is 0.143. The minimum Gasteiger partial charge on any atom is -0.313 e. The first-order chi connectivity index (χ1) is 8.20.